The van der Waals surface area contributed by atoms with Crippen molar-refractivity contribution >= 4 is 28.8 Å². The first kappa shape index (κ1) is 11.0. The van der Waals surface area contributed by atoms with Crippen LogP contribution in [0.25, 0.3) is 5.57 Å². The molecule has 0 fully saturated rings. The molecular formula is C12H13Cl2N. The van der Waals surface area contributed by atoms with Gasteiger partial charge in [-0.1, -0.05) is 41.4 Å². The van der Waals surface area contributed by atoms with E-state index in [-0.39, 0.29) is 0 Å². The van der Waals surface area contributed by atoms with Gasteiger partial charge >= 0.3 is 0 Å². The van der Waals surface area contributed by atoms with Crippen LogP contribution in [0.3, 0.4) is 0 Å². The molecular weight excluding hydrogens is 229 g/mol. The number of benzene rings is 1. The van der Waals surface area contributed by atoms with E-state index in [2.05, 4.69) is 6.08 Å². The molecule has 1 nitrogen and oxygen atoms in total. The summed E-state index contributed by atoms with van der Waals surface area (Å²) in [6.07, 6.45) is 5.11. The van der Waals surface area contributed by atoms with Gasteiger partial charge in [0.2, 0.25) is 0 Å². The lowest BCUT2D eigenvalue weighted by Crippen LogP contribution is -2.21. The summed E-state index contributed by atoms with van der Waals surface area (Å²) in [5.41, 5.74) is 8.16. The molecule has 2 rings (SSSR count). The molecule has 0 heterocycles. The van der Waals surface area contributed by atoms with E-state index in [0.29, 0.717) is 16.1 Å². The highest BCUT2D eigenvalue weighted by Gasteiger charge is 2.14. The molecule has 0 radical (unpaired) electrons. The molecule has 0 aromatic heterocycles. The molecule has 0 amide bonds. The van der Waals surface area contributed by atoms with Gasteiger partial charge in [-0.15, -0.1) is 0 Å². The van der Waals surface area contributed by atoms with E-state index in [1.54, 1.807) is 0 Å². The number of hydrogen-bond donors (Lipinski definition) is 1. The van der Waals surface area contributed by atoms with Crippen molar-refractivity contribution < 1.29 is 0 Å². The zero-order chi connectivity index (χ0) is 10.8. The van der Waals surface area contributed by atoms with Crippen LogP contribution in [-0.2, 0) is 0 Å². The molecule has 0 saturated carbocycles. The number of rotatable bonds is 1. The van der Waals surface area contributed by atoms with Gasteiger partial charge < -0.3 is 5.73 Å². The van der Waals surface area contributed by atoms with Crippen molar-refractivity contribution in [1.82, 2.24) is 0 Å². The van der Waals surface area contributed by atoms with Gasteiger partial charge in [-0.05, 0) is 36.5 Å². The Balaban J connectivity index is 2.34. The second-order valence-corrected chi connectivity index (χ2v) is 4.65. The standard InChI is InChI=1S/C12H13Cl2N/c13-11-3-1-2-10(12(11)14)8-4-6-9(15)7-5-8/h1-4,9H,5-7,15H2. The lowest BCUT2D eigenvalue weighted by atomic mass is 9.91. The molecule has 1 aromatic carbocycles. The predicted molar refractivity (Wildman–Crippen MR) is 66.3 cm³/mol. The highest BCUT2D eigenvalue weighted by molar-refractivity contribution is 6.43. The lowest BCUT2D eigenvalue weighted by molar-refractivity contribution is 0.614. The maximum atomic E-state index is 6.16. The van der Waals surface area contributed by atoms with Gasteiger partial charge in [-0.2, -0.15) is 0 Å². The predicted octanol–water partition coefficient (Wildman–Crippen LogP) is 3.89. The van der Waals surface area contributed by atoms with Crippen LogP contribution in [0.4, 0.5) is 0 Å². The van der Waals surface area contributed by atoms with Crippen molar-refractivity contribution in [3.63, 3.8) is 0 Å². The van der Waals surface area contributed by atoms with Crippen LogP contribution in [0, 0.1) is 0 Å². The van der Waals surface area contributed by atoms with Gasteiger partial charge in [0.25, 0.3) is 0 Å². The topological polar surface area (TPSA) is 26.0 Å². The van der Waals surface area contributed by atoms with Crippen LogP contribution < -0.4 is 5.73 Å². The molecule has 3 heteroatoms. The Hall–Kier alpha value is -0.500. The summed E-state index contributed by atoms with van der Waals surface area (Å²) in [4.78, 5) is 0. The van der Waals surface area contributed by atoms with Crippen molar-refractivity contribution in [2.45, 2.75) is 25.3 Å². The van der Waals surface area contributed by atoms with Crippen LogP contribution in [0.2, 0.25) is 10.0 Å². The molecule has 0 saturated heterocycles. The van der Waals surface area contributed by atoms with Crippen molar-refractivity contribution in [1.29, 1.82) is 0 Å². The van der Waals surface area contributed by atoms with Crippen molar-refractivity contribution in [3.05, 3.63) is 39.9 Å². The Morgan fingerprint density at radius 2 is 2.07 bits per heavy atom. The van der Waals surface area contributed by atoms with Crippen LogP contribution >= 0.6 is 23.2 Å². The summed E-state index contributed by atoms with van der Waals surface area (Å²) in [6.45, 7) is 0. The largest absolute Gasteiger partial charge is 0.327 e. The van der Waals surface area contributed by atoms with Gasteiger partial charge in [0.15, 0.2) is 0 Å². The third kappa shape index (κ3) is 2.36. The summed E-state index contributed by atoms with van der Waals surface area (Å²) in [5, 5.41) is 1.27. The number of nitrogens with two attached hydrogens (primary N) is 1. The van der Waals surface area contributed by atoms with Crippen LogP contribution in [-0.4, -0.2) is 6.04 Å². The Labute approximate surface area is 99.9 Å². The third-order valence-corrected chi connectivity index (χ3v) is 3.57. The van der Waals surface area contributed by atoms with Crippen molar-refractivity contribution in [2.24, 2.45) is 5.73 Å². The number of hydrogen-bond acceptors (Lipinski definition) is 1. The molecule has 1 unspecified atom stereocenters. The van der Waals surface area contributed by atoms with Gasteiger partial charge in [0.05, 0.1) is 10.0 Å². The fourth-order valence-corrected chi connectivity index (χ4v) is 2.27. The molecule has 15 heavy (non-hydrogen) atoms. The second-order valence-electron chi connectivity index (χ2n) is 3.87. The van der Waals surface area contributed by atoms with Gasteiger partial charge in [0, 0.05) is 6.04 Å². The third-order valence-electron chi connectivity index (χ3n) is 2.75. The minimum absolute atomic E-state index is 0.298. The lowest BCUT2D eigenvalue weighted by Gasteiger charge is -2.19. The van der Waals surface area contributed by atoms with E-state index in [0.717, 1.165) is 24.8 Å². The normalized spacial score (nSPS) is 21.3. The van der Waals surface area contributed by atoms with E-state index < -0.39 is 0 Å². The minimum Gasteiger partial charge on any atom is -0.327 e. The first-order valence-corrected chi connectivity index (χ1v) is 5.83. The van der Waals surface area contributed by atoms with Gasteiger partial charge in [-0.3, -0.25) is 0 Å². The highest BCUT2D eigenvalue weighted by Crippen LogP contribution is 2.34. The smallest absolute Gasteiger partial charge is 0.0667 e. The molecule has 1 aliphatic rings. The van der Waals surface area contributed by atoms with Crippen molar-refractivity contribution in [3.8, 4) is 0 Å². The maximum Gasteiger partial charge on any atom is 0.0667 e. The second kappa shape index (κ2) is 4.56. The first-order valence-electron chi connectivity index (χ1n) is 5.07. The van der Waals surface area contributed by atoms with E-state index in [9.17, 15) is 0 Å². The quantitative estimate of drug-likeness (QED) is 0.794. The fraction of sp³-hybridized carbons (Fsp3) is 0.333. The maximum absolute atomic E-state index is 6.16. The molecule has 80 valence electrons. The van der Waals surface area contributed by atoms with Crippen LogP contribution in [0.15, 0.2) is 24.3 Å². The molecule has 1 aliphatic carbocycles. The first-order chi connectivity index (χ1) is 7.18. The Bertz CT molecular complexity index is 399. The van der Waals surface area contributed by atoms with E-state index >= 15 is 0 Å². The monoisotopic (exact) mass is 241 g/mol. The SMILES string of the molecule is NC1CC=C(c2cccc(Cl)c2Cl)CC1. The zero-order valence-electron chi connectivity index (χ0n) is 8.34. The van der Waals surface area contributed by atoms with E-state index in [4.69, 9.17) is 28.9 Å². The average molecular weight is 242 g/mol. The van der Waals surface area contributed by atoms with Crippen LogP contribution in [0.5, 0.6) is 0 Å². The van der Waals surface area contributed by atoms with E-state index in [1.807, 2.05) is 18.2 Å². The Morgan fingerprint density at radius 3 is 2.73 bits per heavy atom. The summed E-state index contributed by atoms with van der Waals surface area (Å²) >= 11 is 12.1. The molecule has 0 bridgehead atoms. The summed E-state index contributed by atoms with van der Waals surface area (Å²) in [7, 11) is 0. The molecule has 1 atom stereocenters. The van der Waals surface area contributed by atoms with Gasteiger partial charge in [0.1, 0.15) is 0 Å². The van der Waals surface area contributed by atoms with E-state index in [1.165, 1.54) is 5.57 Å². The van der Waals surface area contributed by atoms with Gasteiger partial charge in [-0.25, -0.2) is 0 Å². The van der Waals surface area contributed by atoms with Crippen molar-refractivity contribution in [2.75, 3.05) is 0 Å². The molecule has 0 aliphatic heterocycles. The zero-order valence-corrected chi connectivity index (χ0v) is 9.85. The summed E-state index contributed by atoms with van der Waals surface area (Å²) < 4.78 is 0. The molecule has 0 spiro atoms. The number of allylic oxidation sites excluding steroid dienone is 1. The Kier molecular flexibility index (Phi) is 3.35. The summed E-state index contributed by atoms with van der Waals surface area (Å²) in [6, 6.07) is 6.05. The fourth-order valence-electron chi connectivity index (χ4n) is 1.85. The number of halogens is 2. The van der Waals surface area contributed by atoms with Crippen LogP contribution in [0.1, 0.15) is 24.8 Å². The highest BCUT2D eigenvalue weighted by atomic mass is 35.5. The average Bonchev–Trinajstić information content (AvgIpc) is 2.24. The minimum atomic E-state index is 0.298. The molecule has 2 N–H and O–H groups in total. The Morgan fingerprint density at radius 1 is 1.27 bits per heavy atom. The summed E-state index contributed by atoms with van der Waals surface area (Å²) in [5.74, 6) is 0. The molecule has 1 aromatic rings.